The number of ether oxygens (including phenoxy) is 3. The summed E-state index contributed by atoms with van der Waals surface area (Å²) in [4.78, 5) is 22.9. The molecule has 1 fully saturated rings. The number of carbonyl (C=O) groups is 2. The molecule has 0 radical (unpaired) electrons. The molecule has 0 aromatic heterocycles. The molecule has 5 atom stereocenters. The lowest BCUT2D eigenvalue weighted by atomic mass is 9.75. The molecule has 5 nitrogen and oxygen atoms in total. The van der Waals surface area contributed by atoms with Crippen LogP contribution in [0.5, 0.6) is 0 Å². The maximum absolute atomic E-state index is 11.9. The SMILES string of the molecule is COC(=O)[C@@]1(C)C[C@@H](C)[C@@H](C)C([C@H](C)COC(C)=O)O1. The average molecular weight is 286 g/mol. The standard InChI is InChI=1S/C15H26O5/c1-9-7-15(5,14(17)18-6)20-13(11(9)3)10(2)8-19-12(4)16/h9-11,13H,7-8H2,1-6H3/t9-,10-,11-,13?,15-/m1/s1. The van der Waals surface area contributed by atoms with Crippen molar-refractivity contribution in [1.29, 1.82) is 0 Å². The van der Waals surface area contributed by atoms with E-state index in [0.29, 0.717) is 24.9 Å². The Hall–Kier alpha value is -1.10. The second-order valence-electron chi connectivity index (χ2n) is 6.13. The molecule has 1 rings (SSSR count). The van der Waals surface area contributed by atoms with Crippen LogP contribution in [-0.4, -0.2) is 37.4 Å². The Bertz CT molecular complexity index is 367. The number of hydrogen-bond donors (Lipinski definition) is 0. The molecule has 1 unspecified atom stereocenters. The van der Waals surface area contributed by atoms with Crippen LogP contribution in [0.3, 0.4) is 0 Å². The molecule has 0 N–H and O–H groups in total. The van der Waals surface area contributed by atoms with E-state index < -0.39 is 5.60 Å². The fraction of sp³-hybridized carbons (Fsp3) is 0.867. The van der Waals surface area contributed by atoms with E-state index in [1.165, 1.54) is 14.0 Å². The number of methoxy groups -OCH3 is 1. The Labute approximate surface area is 121 Å². The van der Waals surface area contributed by atoms with Crippen molar-refractivity contribution in [2.24, 2.45) is 17.8 Å². The van der Waals surface area contributed by atoms with Gasteiger partial charge in [-0.3, -0.25) is 4.79 Å². The zero-order valence-electron chi connectivity index (χ0n) is 13.3. The van der Waals surface area contributed by atoms with Gasteiger partial charge >= 0.3 is 11.9 Å². The van der Waals surface area contributed by atoms with Gasteiger partial charge in [0.2, 0.25) is 0 Å². The Morgan fingerprint density at radius 3 is 2.50 bits per heavy atom. The Morgan fingerprint density at radius 1 is 1.40 bits per heavy atom. The third kappa shape index (κ3) is 3.72. The topological polar surface area (TPSA) is 61.8 Å². The van der Waals surface area contributed by atoms with Crippen molar-refractivity contribution in [2.45, 2.75) is 52.7 Å². The Morgan fingerprint density at radius 2 is 2.00 bits per heavy atom. The first-order chi connectivity index (χ1) is 9.21. The molecule has 0 bridgehead atoms. The highest BCUT2D eigenvalue weighted by Gasteiger charge is 2.48. The summed E-state index contributed by atoms with van der Waals surface area (Å²) in [5.74, 6) is 0.00146. The van der Waals surface area contributed by atoms with Crippen molar-refractivity contribution < 1.29 is 23.8 Å². The Kier molecular flexibility index (Phi) is 5.57. The van der Waals surface area contributed by atoms with E-state index >= 15 is 0 Å². The summed E-state index contributed by atoms with van der Waals surface area (Å²) >= 11 is 0. The monoisotopic (exact) mass is 286 g/mol. The van der Waals surface area contributed by atoms with Crippen LogP contribution >= 0.6 is 0 Å². The van der Waals surface area contributed by atoms with Crippen LogP contribution in [0.25, 0.3) is 0 Å². The summed E-state index contributed by atoms with van der Waals surface area (Å²) in [6, 6.07) is 0. The molecular weight excluding hydrogens is 260 g/mol. The molecule has 5 heteroatoms. The molecule has 0 aromatic rings. The predicted molar refractivity (Wildman–Crippen MR) is 74.0 cm³/mol. The highest BCUT2D eigenvalue weighted by Crippen LogP contribution is 2.40. The third-order valence-electron chi connectivity index (χ3n) is 4.25. The van der Waals surface area contributed by atoms with Crippen LogP contribution in [0.2, 0.25) is 0 Å². The number of rotatable bonds is 4. The molecule has 0 aromatic carbocycles. The van der Waals surface area contributed by atoms with Crippen LogP contribution in [0.4, 0.5) is 0 Å². The van der Waals surface area contributed by atoms with E-state index in [2.05, 4.69) is 13.8 Å². The highest BCUT2D eigenvalue weighted by molar-refractivity contribution is 5.79. The van der Waals surface area contributed by atoms with Gasteiger partial charge in [-0.15, -0.1) is 0 Å². The summed E-state index contributed by atoms with van der Waals surface area (Å²) in [5.41, 5.74) is -0.921. The summed E-state index contributed by atoms with van der Waals surface area (Å²) in [6.07, 6.45) is 0.500. The van der Waals surface area contributed by atoms with Crippen molar-refractivity contribution >= 4 is 11.9 Å². The smallest absolute Gasteiger partial charge is 0.337 e. The van der Waals surface area contributed by atoms with Gasteiger partial charge in [0.15, 0.2) is 5.60 Å². The molecule has 0 amide bonds. The molecule has 0 saturated carbocycles. The lowest BCUT2D eigenvalue weighted by Gasteiger charge is -2.45. The maximum Gasteiger partial charge on any atom is 0.337 e. The predicted octanol–water partition coefficient (Wildman–Crippen LogP) is 2.18. The summed E-state index contributed by atoms with van der Waals surface area (Å²) in [7, 11) is 1.37. The van der Waals surface area contributed by atoms with E-state index in [4.69, 9.17) is 14.2 Å². The summed E-state index contributed by atoms with van der Waals surface area (Å²) in [6.45, 7) is 9.65. The molecule has 0 spiro atoms. The van der Waals surface area contributed by atoms with Gasteiger partial charge in [0.25, 0.3) is 0 Å². The van der Waals surface area contributed by atoms with Gasteiger partial charge in [-0.05, 0) is 25.2 Å². The zero-order valence-corrected chi connectivity index (χ0v) is 13.3. The van der Waals surface area contributed by atoms with Crippen LogP contribution in [0.15, 0.2) is 0 Å². The lowest BCUT2D eigenvalue weighted by Crippen LogP contribution is -2.53. The molecule has 116 valence electrons. The first kappa shape index (κ1) is 17.0. The minimum Gasteiger partial charge on any atom is -0.467 e. The number of hydrogen-bond acceptors (Lipinski definition) is 5. The average Bonchev–Trinajstić information content (AvgIpc) is 2.39. The molecule has 1 aliphatic rings. The number of esters is 2. The van der Waals surface area contributed by atoms with E-state index in [-0.39, 0.29) is 24.0 Å². The normalized spacial score (nSPS) is 35.2. The van der Waals surface area contributed by atoms with E-state index in [0.717, 1.165) is 0 Å². The van der Waals surface area contributed by atoms with E-state index in [9.17, 15) is 9.59 Å². The van der Waals surface area contributed by atoms with Crippen LogP contribution in [-0.2, 0) is 23.8 Å². The number of carbonyl (C=O) groups excluding carboxylic acids is 2. The first-order valence-corrected chi connectivity index (χ1v) is 7.11. The van der Waals surface area contributed by atoms with Gasteiger partial charge in [-0.1, -0.05) is 20.8 Å². The van der Waals surface area contributed by atoms with E-state index in [1.54, 1.807) is 6.92 Å². The molecule has 0 aliphatic carbocycles. The van der Waals surface area contributed by atoms with Gasteiger partial charge in [-0.25, -0.2) is 4.79 Å². The van der Waals surface area contributed by atoms with Crippen LogP contribution in [0, 0.1) is 17.8 Å². The van der Waals surface area contributed by atoms with Crippen LogP contribution < -0.4 is 0 Å². The van der Waals surface area contributed by atoms with Gasteiger partial charge in [-0.2, -0.15) is 0 Å². The first-order valence-electron chi connectivity index (χ1n) is 7.11. The quantitative estimate of drug-likeness (QED) is 0.741. The van der Waals surface area contributed by atoms with E-state index in [1.807, 2.05) is 6.92 Å². The summed E-state index contributed by atoms with van der Waals surface area (Å²) < 4.78 is 16.0. The van der Waals surface area contributed by atoms with Crippen molar-refractivity contribution in [3.05, 3.63) is 0 Å². The maximum atomic E-state index is 11.9. The fourth-order valence-corrected chi connectivity index (χ4v) is 2.91. The van der Waals surface area contributed by atoms with Crippen molar-refractivity contribution in [3.8, 4) is 0 Å². The van der Waals surface area contributed by atoms with Crippen molar-refractivity contribution in [2.75, 3.05) is 13.7 Å². The highest BCUT2D eigenvalue weighted by atomic mass is 16.6. The largest absolute Gasteiger partial charge is 0.467 e. The van der Waals surface area contributed by atoms with Crippen LogP contribution in [0.1, 0.15) is 41.0 Å². The van der Waals surface area contributed by atoms with Crippen molar-refractivity contribution in [3.63, 3.8) is 0 Å². The minimum atomic E-state index is -0.921. The molecule has 1 heterocycles. The molecule has 1 aliphatic heterocycles. The molecule has 1 saturated heterocycles. The minimum absolute atomic E-state index is 0.0284. The lowest BCUT2D eigenvalue weighted by molar-refractivity contribution is -0.208. The van der Waals surface area contributed by atoms with Crippen molar-refractivity contribution in [1.82, 2.24) is 0 Å². The van der Waals surface area contributed by atoms with Gasteiger partial charge < -0.3 is 14.2 Å². The third-order valence-corrected chi connectivity index (χ3v) is 4.25. The second-order valence-corrected chi connectivity index (χ2v) is 6.13. The van der Waals surface area contributed by atoms with Gasteiger partial charge in [0, 0.05) is 12.8 Å². The molecular formula is C15H26O5. The second kappa shape index (κ2) is 6.57. The molecule has 20 heavy (non-hydrogen) atoms. The summed E-state index contributed by atoms with van der Waals surface area (Å²) in [5, 5.41) is 0. The van der Waals surface area contributed by atoms with Gasteiger partial charge in [0.1, 0.15) is 0 Å². The zero-order chi connectivity index (χ0) is 15.5. The van der Waals surface area contributed by atoms with Gasteiger partial charge in [0.05, 0.1) is 19.8 Å². The fourth-order valence-electron chi connectivity index (χ4n) is 2.91. The Balaban J connectivity index is 2.82.